The van der Waals surface area contributed by atoms with Gasteiger partial charge in [-0.25, -0.2) is 5.43 Å². The molecule has 1 rings (SSSR count). The van der Waals surface area contributed by atoms with Crippen molar-refractivity contribution in [1.82, 2.24) is 10.4 Å². The van der Waals surface area contributed by atoms with Crippen molar-refractivity contribution in [2.45, 2.75) is 26.7 Å². The number of rotatable bonds is 3. The minimum Gasteiger partial charge on any atom is -0.318 e. The lowest BCUT2D eigenvalue weighted by molar-refractivity contribution is 0.373. The summed E-state index contributed by atoms with van der Waals surface area (Å²) in [6, 6.07) is 0. The summed E-state index contributed by atoms with van der Waals surface area (Å²) in [6.45, 7) is 5.59. The van der Waals surface area contributed by atoms with Gasteiger partial charge in [-0.1, -0.05) is 13.8 Å². The first-order chi connectivity index (χ1) is 5.18. The largest absolute Gasteiger partial charge is 0.318 e. The van der Waals surface area contributed by atoms with E-state index in [4.69, 9.17) is 0 Å². The predicted molar refractivity (Wildman–Crippen MR) is 47.9 cm³/mol. The Labute approximate surface area is 69.2 Å². The van der Waals surface area contributed by atoms with Crippen molar-refractivity contribution < 1.29 is 0 Å². The molecule has 0 aromatic heterocycles. The molecule has 2 nitrogen and oxygen atoms in total. The van der Waals surface area contributed by atoms with Crippen LogP contribution < -0.4 is 5.43 Å². The third kappa shape index (κ3) is 2.93. The minimum absolute atomic E-state index is 0.821. The SMILES string of the molecule is CC(C)CCC1=CN(C)NC1. The molecule has 1 N–H and O–H groups in total. The van der Waals surface area contributed by atoms with E-state index in [9.17, 15) is 0 Å². The van der Waals surface area contributed by atoms with E-state index in [-0.39, 0.29) is 0 Å². The van der Waals surface area contributed by atoms with E-state index in [2.05, 4.69) is 25.5 Å². The summed E-state index contributed by atoms with van der Waals surface area (Å²) in [5.41, 5.74) is 4.76. The van der Waals surface area contributed by atoms with Gasteiger partial charge < -0.3 is 5.01 Å². The standard InChI is InChI=1S/C9H18N2/c1-8(2)4-5-9-6-10-11(3)7-9/h7-8,10H,4-6H2,1-3H3. The maximum absolute atomic E-state index is 3.23. The molecule has 0 aliphatic carbocycles. The third-order valence-electron chi connectivity index (χ3n) is 1.97. The summed E-state index contributed by atoms with van der Waals surface area (Å²) in [5.74, 6) is 0.821. The van der Waals surface area contributed by atoms with Crippen LogP contribution in [-0.2, 0) is 0 Å². The Kier molecular flexibility index (Phi) is 2.94. The van der Waals surface area contributed by atoms with Crippen LogP contribution in [0.4, 0.5) is 0 Å². The Morgan fingerprint density at radius 3 is 2.82 bits per heavy atom. The molecule has 11 heavy (non-hydrogen) atoms. The minimum atomic E-state index is 0.821. The summed E-state index contributed by atoms with van der Waals surface area (Å²) in [5, 5.41) is 2.04. The zero-order valence-electron chi connectivity index (χ0n) is 7.72. The Bertz CT molecular complexity index is 150. The monoisotopic (exact) mass is 154 g/mol. The summed E-state index contributed by atoms with van der Waals surface area (Å²) in [4.78, 5) is 0. The fourth-order valence-electron chi connectivity index (χ4n) is 1.22. The quantitative estimate of drug-likeness (QED) is 0.666. The van der Waals surface area contributed by atoms with E-state index in [0.29, 0.717) is 0 Å². The fraction of sp³-hybridized carbons (Fsp3) is 0.778. The van der Waals surface area contributed by atoms with Crippen molar-refractivity contribution >= 4 is 0 Å². The van der Waals surface area contributed by atoms with E-state index >= 15 is 0 Å². The van der Waals surface area contributed by atoms with Crippen molar-refractivity contribution in [2.24, 2.45) is 5.92 Å². The fourth-order valence-corrected chi connectivity index (χ4v) is 1.22. The highest BCUT2D eigenvalue weighted by atomic mass is 15.5. The van der Waals surface area contributed by atoms with E-state index < -0.39 is 0 Å². The van der Waals surface area contributed by atoms with Crippen LogP contribution in [0.3, 0.4) is 0 Å². The van der Waals surface area contributed by atoms with Gasteiger partial charge in [0, 0.05) is 19.8 Å². The van der Waals surface area contributed by atoms with Gasteiger partial charge in [0.1, 0.15) is 0 Å². The van der Waals surface area contributed by atoms with Crippen molar-refractivity contribution in [1.29, 1.82) is 0 Å². The molecule has 0 spiro atoms. The first kappa shape index (κ1) is 8.60. The lowest BCUT2D eigenvalue weighted by atomic mass is 10.0. The van der Waals surface area contributed by atoms with E-state index in [1.807, 2.05) is 12.1 Å². The van der Waals surface area contributed by atoms with Crippen molar-refractivity contribution in [2.75, 3.05) is 13.6 Å². The van der Waals surface area contributed by atoms with Crippen LogP contribution in [-0.4, -0.2) is 18.6 Å². The second-order valence-electron chi connectivity index (χ2n) is 3.67. The smallest absolute Gasteiger partial charge is 0.0377 e. The van der Waals surface area contributed by atoms with E-state index in [1.54, 1.807) is 0 Å². The zero-order chi connectivity index (χ0) is 8.27. The van der Waals surface area contributed by atoms with Crippen LogP contribution in [0.25, 0.3) is 0 Å². The van der Waals surface area contributed by atoms with Crippen LogP contribution in [0.2, 0.25) is 0 Å². The molecule has 1 aliphatic rings. The Morgan fingerprint density at radius 1 is 1.64 bits per heavy atom. The molecule has 0 atom stereocenters. The van der Waals surface area contributed by atoms with Gasteiger partial charge in [-0.2, -0.15) is 0 Å². The van der Waals surface area contributed by atoms with Gasteiger partial charge in [-0.15, -0.1) is 0 Å². The van der Waals surface area contributed by atoms with Crippen molar-refractivity contribution in [3.63, 3.8) is 0 Å². The van der Waals surface area contributed by atoms with Gasteiger partial charge in [0.15, 0.2) is 0 Å². The molecule has 2 heteroatoms. The highest BCUT2D eigenvalue weighted by Crippen LogP contribution is 2.13. The maximum Gasteiger partial charge on any atom is 0.0377 e. The number of hydrogen-bond acceptors (Lipinski definition) is 2. The molecular formula is C9H18N2. The molecule has 0 aromatic carbocycles. The zero-order valence-corrected chi connectivity index (χ0v) is 7.72. The maximum atomic E-state index is 3.23. The second-order valence-corrected chi connectivity index (χ2v) is 3.67. The van der Waals surface area contributed by atoms with Gasteiger partial charge in [0.2, 0.25) is 0 Å². The topological polar surface area (TPSA) is 15.3 Å². The normalized spacial score (nSPS) is 17.8. The van der Waals surface area contributed by atoms with Crippen LogP contribution in [0.5, 0.6) is 0 Å². The Hall–Kier alpha value is -0.500. The Balaban J connectivity index is 2.22. The first-order valence-corrected chi connectivity index (χ1v) is 4.34. The molecule has 1 aliphatic heterocycles. The molecule has 0 aromatic rings. The van der Waals surface area contributed by atoms with Crippen LogP contribution in [0, 0.1) is 5.92 Å². The van der Waals surface area contributed by atoms with Gasteiger partial charge in [0.05, 0.1) is 0 Å². The summed E-state index contributed by atoms with van der Waals surface area (Å²) in [7, 11) is 2.04. The molecule has 0 saturated heterocycles. The van der Waals surface area contributed by atoms with Crippen LogP contribution >= 0.6 is 0 Å². The number of nitrogens with zero attached hydrogens (tertiary/aromatic N) is 1. The predicted octanol–water partition coefficient (Wildman–Crippen LogP) is 1.76. The summed E-state index contributed by atoms with van der Waals surface area (Å²) in [6.07, 6.45) is 4.75. The van der Waals surface area contributed by atoms with Gasteiger partial charge in [-0.3, -0.25) is 0 Å². The molecule has 1 heterocycles. The summed E-state index contributed by atoms with van der Waals surface area (Å²) >= 11 is 0. The number of nitrogens with one attached hydrogen (secondary N) is 1. The average molecular weight is 154 g/mol. The number of hydrogen-bond donors (Lipinski definition) is 1. The van der Waals surface area contributed by atoms with Gasteiger partial charge >= 0.3 is 0 Å². The molecule has 0 radical (unpaired) electrons. The molecule has 0 unspecified atom stereocenters. The second kappa shape index (κ2) is 3.77. The Morgan fingerprint density at radius 2 is 2.36 bits per heavy atom. The molecular weight excluding hydrogens is 136 g/mol. The molecule has 64 valence electrons. The molecule has 0 saturated carbocycles. The lowest BCUT2D eigenvalue weighted by Gasteiger charge is -2.04. The highest BCUT2D eigenvalue weighted by Gasteiger charge is 2.07. The highest BCUT2D eigenvalue weighted by molar-refractivity contribution is 5.07. The van der Waals surface area contributed by atoms with Crippen molar-refractivity contribution in [3.8, 4) is 0 Å². The molecule has 0 fully saturated rings. The van der Waals surface area contributed by atoms with Gasteiger partial charge in [0.25, 0.3) is 0 Å². The van der Waals surface area contributed by atoms with E-state index in [0.717, 1.165) is 12.5 Å². The van der Waals surface area contributed by atoms with E-state index in [1.165, 1.54) is 18.4 Å². The summed E-state index contributed by atoms with van der Waals surface area (Å²) < 4.78 is 0. The van der Waals surface area contributed by atoms with Gasteiger partial charge in [-0.05, 0) is 24.3 Å². The lowest BCUT2D eigenvalue weighted by Crippen LogP contribution is -2.23. The number of hydrazine groups is 1. The molecule has 0 amide bonds. The first-order valence-electron chi connectivity index (χ1n) is 4.34. The average Bonchev–Trinajstić information content (AvgIpc) is 2.31. The van der Waals surface area contributed by atoms with Crippen LogP contribution in [0.15, 0.2) is 11.8 Å². The third-order valence-corrected chi connectivity index (χ3v) is 1.97. The molecule has 0 bridgehead atoms. The van der Waals surface area contributed by atoms with Crippen LogP contribution in [0.1, 0.15) is 26.7 Å². The van der Waals surface area contributed by atoms with Crippen molar-refractivity contribution in [3.05, 3.63) is 11.8 Å².